The zero-order valence-electron chi connectivity index (χ0n) is 9.86. The maximum absolute atomic E-state index is 12.4. The van der Waals surface area contributed by atoms with Gasteiger partial charge < -0.3 is 0 Å². The van der Waals surface area contributed by atoms with Crippen molar-refractivity contribution in [1.82, 2.24) is 9.97 Å². The third kappa shape index (κ3) is 2.09. The molecular formula is C14H13N3O. The lowest BCUT2D eigenvalue weighted by molar-refractivity contribution is -0.119. The van der Waals surface area contributed by atoms with Crippen molar-refractivity contribution in [3.63, 3.8) is 0 Å². The van der Waals surface area contributed by atoms with Crippen molar-refractivity contribution < 1.29 is 4.79 Å². The number of amides is 1. The fraction of sp³-hybridized carbons (Fsp3) is 0.214. The summed E-state index contributed by atoms with van der Waals surface area (Å²) in [5, 5.41) is 0. The molecule has 1 saturated carbocycles. The summed E-state index contributed by atoms with van der Waals surface area (Å²) in [5.41, 5.74) is 1.59. The average Bonchev–Trinajstić information content (AvgIpc) is 3.26. The topological polar surface area (TPSA) is 46.1 Å². The number of nitrogens with zero attached hydrogens (tertiary/aromatic N) is 3. The zero-order chi connectivity index (χ0) is 12.4. The third-order valence-electron chi connectivity index (χ3n) is 2.97. The molecule has 1 aromatic carbocycles. The molecule has 0 atom stereocenters. The van der Waals surface area contributed by atoms with E-state index in [1.807, 2.05) is 30.3 Å². The summed E-state index contributed by atoms with van der Waals surface area (Å²) in [6.45, 7) is 0. The van der Waals surface area contributed by atoms with Crippen LogP contribution >= 0.6 is 0 Å². The molecule has 1 amide bonds. The predicted octanol–water partition coefficient (Wildman–Crippen LogP) is 2.55. The third-order valence-corrected chi connectivity index (χ3v) is 2.97. The van der Waals surface area contributed by atoms with Gasteiger partial charge in [0, 0.05) is 11.6 Å². The van der Waals surface area contributed by atoms with Crippen LogP contribution < -0.4 is 4.90 Å². The summed E-state index contributed by atoms with van der Waals surface area (Å²) in [6, 6.07) is 9.63. The molecule has 90 valence electrons. The van der Waals surface area contributed by atoms with Gasteiger partial charge in [0.2, 0.25) is 5.91 Å². The maximum Gasteiger partial charge on any atom is 0.234 e. The van der Waals surface area contributed by atoms with Gasteiger partial charge in [-0.25, -0.2) is 9.97 Å². The number of rotatable bonds is 3. The van der Waals surface area contributed by atoms with Crippen molar-refractivity contribution in [3.8, 4) is 0 Å². The van der Waals surface area contributed by atoms with E-state index in [4.69, 9.17) is 0 Å². The molecule has 0 N–H and O–H groups in total. The van der Waals surface area contributed by atoms with Crippen LogP contribution in [0.1, 0.15) is 12.8 Å². The number of benzene rings is 1. The van der Waals surface area contributed by atoms with Crippen LogP contribution in [0.3, 0.4) is 0 Å². The van der Waals surface area contributed by atoms with Crippen molar-refractivity contribution in [2.75, 3.05) is 4.90 Å². The quantitative estimate of drug-likeness (QED) is 0.826. The van der Waals surface area contributed by atoms with Gasteiger partial charge in [0.05, 0.1) is 18.1 Å². The van der Waals surface area contributed by atoms with E-state index in [0.717, 1.165) is 24.2 Å². The molecule has 18 heavy (non-hydrogen) atoms. The first-order valence-electron chi connectivity index (χ1n) is 6.00. The van der Waals surface area contributed by atoms with Gasteiger partial charge in [-0.3, -0.25) is 9.69 Å². The van der Waals surface area contributed by atoms with Gasteiger partial charge in [-0.05, 0) is 25.0 Å². The highest BCUT2D eigenvalue weighted by molar-refractivity contribution is 6.02. The van der Waals surface area contributed by atoms with Crippen LogP contribution in [0.15, 0.2) is 49.1 Å². The minimum absolute atomic E-state index is 0.135. The Morgan fingerprint density at radius 2 is 1.72 bits per heavy atom. The minimum atomic E-state index is 0.135. The molecule has 0 aliphatic heterocycles. The molecule has 0 unspecified atom stereocenters. The number of para-hydroxylation sites is 1. The van der Waals surface area contributed by atoms with Gasteiger partial charge in [0.1, 0.15) is 6.33 Å². The van der Waals surface area contributed by atoms with Gasteiger partial charge in [-0.2, -0.15) is 0 Å². The van der Waals surface area contributed by atoms with E-state index in [1.165, 1.54) is 6.33 Å². The Kier molecular flexibility index (Phi) is 2.76. The second kappa shape index (κ2) is 4.56. The molecule has 1 aliphatic rings. The maximum atomic E-state index is 12.4. The van der Waals surface area contributed by atoms with Crippen LogP contribution in [0.5, 0.6) is 0 Å². The Morgan fingerprint density at radius 3 is 2.33 bits per heavy atom. The number of carbonyl (C=O) groups excluding carboxylic acids is 1. The highest BCUT2D eigenvalue weighted by Gasteiger charge is 2.34. The van der Waals surface area contributed by atoms with Gasteiger partial charge >= 0.3 is 0 Å². The molecule has 3 rings (SSSR count). The first-order chi connectivity index (χ1) is 8.86. The van der Waals surface area contributed by atoms with E-state index in [0.29, 0.717) is 0 Å². The highest BCUT2D eigenvalue weighted by atomic mass is 16.2. The number of carbonyl (C=O) groups is 1. The van der Waals surface area contributed by atoms with Crippen LogP contribution in [0.4, 0.5) is 11.4 Å². The van der Waals surface area contributed by atoms with Crippen molar-refractivity contribution in [2.45, 2.75) is 12.8 Å². The molecule has 0 spiro atoms. The normalized spacial score (nSPS) is 14.2. The van der Waals surface area contributed by atoms with E-state index in [-0.39, 0.29) is 11.8 Å². The molecule has 0 bridgehead atoms. The lowest BCUT2D eigenvalue weighted by Crippen LogP contribution is -2.27. The molecule has 0 saturated heterocycles. The number of anilines is 2. The highest BCUT2D eigenvalue weighted by Crippen LogP contribution is 2.35. The van der Waals surface area contributed by atoms with Crippen LogP contribution in [-0.4, -0.2) is 15.9 Å². The Labute approximate surface area is 105 Å². The minimum Gasteiger partial charge on any atom is -0.278 e. The summed E-state index contributed by atoms with van der Waals surface area (Å²) in [7, 11) is 0. The Hall–Kier alpha value is -2.23. The van der Waals surface area contributed by atoms with Crippen molar-refractivity contribution in [2.24, 2.45) is 5.92 Å². The standard InChI is InChI=1S/C14H13N3O/c18-14(11-6-7-11)17(12-4-2-1-3-5-12)13-8-15-10-16-9-13/h1-5,8-11H,6-7H2. The largest absolute Gasteiger partial charge is 0.278 e. The fourth-order valence-electron chi connectivity index (χ4n) is 1.90. The van der Waals surface area contributed by atoms with Crippen molar-refractivity contribution >= 4 is 17.3 Å². The summed E-state index contributed by atoms with van der Waals surface area (Å²) in [5.74, 6) is 0.293. The van der Waals surface area contributed by atoms with Crippen LogP contribution in [0.2, 0.25) is 0 Å². The fourth-order valence-corrected chi connectivity index (χ4v) is 1.90. The van der Waals surface area contributed by atoms with Crippen LogP contribution in [0.25, 0.3) is 0 Å². The van der Waals surface area contributed by atoms with Crippen molar-refractivity contribution in [3.05, 3.63) is 49.1 Å². The van der Waals surface area contributed by atoms with Crippen LogP contribution in [-0.2, 0) is 4.79 Å². The second-order valence-corrected chi connectivity index (χ2v) is 4.38. The second-order valence-electron chi connectivity index (χ2n) is 4.38. The molecule has 1 aromatic heterocycles. The predicted molar refractivity (Wildman–Crippen MR) is 68.3 cm³/mol. The SMILES string of the molecule is O=C(C1CC1)N(c1ccccc1)c1cncnc1. The monoisotopic (exact) mass is 239 g/mol. The van der Waals surface area contributed by atoms with Crippen LogP contribution in [0, 0.1) is 5.92 Å². The number of aromatic nitrogens is 2. The van der Waals surface area contributed by atoms with E-state index in [1.54, 1.807) is 17.3 Å². The van der Waals surface area contributed by atoms with Gasteiger partial charge in [-0.1, -0.05) is 18.2 Å². The lowest BCUT2D eigenvalue weighted by atomic mass is 10.2. The molecule has 4 nitrogen and oxygen atoms in total. The summed E-state index contributed by atoms with van der Waals surface area (Å²) >= 11 is 0. The molecule has 1 aliphatic carbocycles. The molecule has 2 aromatic rings. The first-order valence-corrected chi connectivity index (χ1v) is 6.00. The van der Waals surface area contributed by atoms with Gasteiger partial charge in [0.15, 0.2) is 0 Å². The number of hydrogen-bond acceptors (Lipinski definition) is 3. The lowest BCUT2D eigenvalue weighted by Gasteiger charge is -2.22. The van der Waals surface area contributed by atoms with E-state index in [2.05, 4.69) is 9.97 Å². The zero-order valence-corrected chi connectivity index (χ0v) is 9.86. The molecule has 1 fully saturated rings. The average molecular weight is 239 g/mol. The Bertz CT molecular complexity index is 498. The number of hydrogen-bond donors (Lipinski definition) is 0. The molecule has 0 radical (unpaired) electrons. The Balaban J connectivity index is 2.01. The van der Waals surface area contributed by atoms with E-state index < -0.39 is 0 Å². The smallest absolute Gasteiger partial charge is 0.234 e. The van der Waals surface area contributed by atoms with Gasteiger partial charge in [0.25, 0.3) is 0 Å². The molecule has 4 heteroatoms. The van der Waals surface area contributed by atoms with E-state index >= 15 is 0 Å². The Morgan fingerprint density at radius 1 is 1.06 bits per heavy atom. The first kappa shape index (κ1) is 10.9. The van der Waals surface area contributed by atoms with Gasteiger partial charge in [-0.15, -0.1) is 0 Å². The summed E-state index contributed by atoms with van der Waals surface area (Å²) in [6.07, 6.45) is 6.76. The summed E-state index contributed by atoms with van der Waals surface area (Å²) in [4.78, 5) is 22.1. The van der Waals surface area contributed by atoms with E-state index in [9.17, 15) is 4.79 Å². The molecule has 1 heterocycles. The molecular weight excluding hydrogens is 226 g/mol. The summed E-state index contributed by atoms with van der Waals surface area (Å²) < 4.78 is 0. The van der Waals surface area contributed by atoms with Crippen molar-refractivity contribution in [1.29, 1.82) is 0 Å².